The van der Waals surface area contributed by atoms with Gasteiger partial charge in [-0.2, -0.15) is 0 Å². The molecular weight excluding hydrogens is 318 g/mol. The predicted molar refractivity (Wildman–Crippen MR) is 96.2 cm³/mol. The highest BCUT2D eigenvalue weighted by Crippen LogP contribution is 2.25. The number of nitrogens with zero attached hydrogens (tertiary/aromatic N) is 3. The molecule has 0 atom stereocenters. The molecule has 0 aliphatic rings. The zero-order valence-corrected chi connectivity index (χ0v) is 14.7. The smallest absolute Gasteiger partial charge is 0.305 e. The summed E-state index contributed by atoms with van der Waals surface area (Å²) in [4.78, 5) is 20.8. The first kappa shape index (κ1) is 17.4. The Balaban J connectivity index is 1.96. The molecule has 6 nitrogen and oxygen atoms in total. The van der Waals surface area contributed by atoms with Crippen LogP contribution in [0.2, 0.25) is 0 Å². The summed E-state index contributed by atoms with van der Waals surface area (Å²) in [6.45, 7) is 5.96. The van der Waals surface area contributed by atoms with Gasteiger partial charge in [0.2, 0.25) is 0 Å². The van der Waals surface area contributed by atoms with Crippen molar-refractivity contribution >= 4 is 27.9 Å². The molecule has 0 saturated carbocycles. The molecule has 0 radical (unpaired) electrons. The van der Waals surface area contributed by atoms with Gasteiger partial charge in [0, 0.05) is 25.0 Å². The first-order chi connectivity index (χ1) is 12.2. The number of hydrogen-bond acceptors (Lipinski definition) is 5. The van der Waals surface area contributed by atoms with E-state index < -0.39 is 0 Å². The number of ether oxygens (including phenoxy) is 2. The van der Waals surface area contributed by atoms with Gasteiger partial charge in [-0.1, -0.05) is 18.2 Å². The molecule has 0 fully saturated rings. The lowest BCUT2D eigenvalue weighted by atomic mass is 10.2. The number of hydrogen-bond donors (Lipinski definition) is 0. The normalized spacial score (nSPS) is 11.3. The summed E-state index contributed by atoms with van der Waals surface area (Å²) < 4.78 is 12.7. The van der Waals surface area contributed by atoms with Crippen molar-refractivity contribution in [3.63, 3.8) is 0 Å². The SMILES string of the molecule is CCOCc1nc2cnc3ccccc3c2n1CCCC(=O)OCC. The third kappa shape index (κ3) is 3.79. The number of para-hydroxylation sites is 1. The van der Waals surface area contributed by atoms with Crippen molar-refractivity contribution in [2.75, 3.05) is 13.2 Å². The Morgan fingerprint density at radius 3 is 2.80 bits per heavy atom. The van der Waals surface area contributed by atoms with E-state index in [0.29, 0.717) is 39.2 Å². The fourth-order valence-corrected chi connectivity index (χ4v) is 2.97. The van der Waals surface area contributed by atoms with E-state index in [4.69, 9.17) is 14.5 Å². The number of carbonyl (C=O) groups is 1. The van der Waals surface area contributed by atoms with E-state index in [1.807, 2.05) is 32.0 Å². The molecule has 132 valence electrons. The summed E-state index contributed by atoms with van der Waals surface area (Å²) in [5.74, 6) is 0.698. The Kier molecular flexibility index (Phi) is 5.60. The molecule has 0 N–H and O–H groups in total. The minimum atomic E-state index is -0.162. The second-order valence-electron chi connectivity index (χ2n) is 5.73. The summed E-state index contributed by atoms with van der Waals surface area (Å²) in [6.07, 6.45) is 2.89. The second kappa shape index (κ2) is 8.07. The highest BCUT2D eigenvalue weighted by molar-refractivity contribution is 6.02. The van der Waals surface area contributed by atoms with Crippen LogP contribution in [-0.2, 0) is 27.4 Å². The van der Waals surface area contributed by atoms with Crippen LogP contribution in [0.5, 0.6) is 0 Å². The standard InChI is InChI=1S/C19H23N3O3/c1-3-24-13-17-21-16-12-20-15-9-6-5-8-14(15)19(16)22(17)11-7-10-18(23)25-4-2/h5-6,8-9,12H,3-4,7,10-11,13H2,1-2H3. The Morgan fingerprint density at radius 2 is 2.00 bits per heavy atom. The average molecular weight is 341 g/mol. The molecule has 6 heteroatoms. The Labute approximate surface area is 146 Å². The van der Waals surface area contributed by atoms with Gasteiger partial charge in [-0.05, 0) is 26.3 Å². The third-order valence-electron chi connectivity index (χ3n) is 4.06. The van der Waals surface area contributed by atoms with Crippen molar-refractivity contribution in [1.29, 1.82) is 0 Å². The number of carbonyl (C=O) groups excluding carboxylic acids is 1. The van der Waals surface area contributed by atoms with Crippen molar-refractivity contribution in [1.82, 2.24) is 14.5 Å². The average Bonchev–Trinajstić information content (AvgIpc) is 2.98. The minimum Gasteiger partial charge on any atom is -0.466 e. The molecule has 0 bridgehead atoms. The molecule has 0 amide bonds. The van der Waals surface area contributed by atoms with E-state index in [9.17, 15) is 4.79 Å². The van der Waals surface area contributed by atoms with Gasteiger partial charge < -0.3 is 14.0 Å². The first-order valence-corrected chi connectivity index (χ1v) is 8.70. The molecule has 25 heavy (non-hydrogen) atoms. The number of fused-ring (bicyclic) bond motifs is 3. The summed E-state index contributed by atoms with van der Waals surface area (Å²) in [7, 11) is 0. The molecule has 0 unspecified atom stereocenters. The fourth-order valence-electron chi connectivity index (χ4n) is 2.97. The lowest BCUT2D eigenvalue weighted by Gasteiger charge is -2.10. The number of imidazole rings is 1. The van der Waals surface area contributed by atoms with Crippen molar-refractivity contribution in [2.45, 2.75) is 39.8 Å². The van der Waals surface area contributed by atoms with Crippen molar-refractivity contribution in [2.24, 2.45) is 0 Å². The number of aromatic nitrogens is 3. The first-order valence-electron chi connectivity index (χ1n) is 8.70. The maximum Gasteiger partial charge on any atom is 0.305 e. The van der Waals surface area contributed by atoms with Gasteiger partial charge in [0.05, 0.1) is 23.8 Å². The van der Waals surface area contributed by atoms with E-state index in [0.717, 1.165) is 27.8 Å². The number of benzene rings is 1. The highest BCUT2D eigenvalue weighted by atomic mass is 16.5. The molecule has 3 rings (SSSR count). The topological polar surface area (TPSA) is 66.2 Å². The molecule has 1 aromatic carbocycles. The van der Waals surface area contributed by atoms with Crippen LogP contribution in [-0.4, -0.2) is 33.7 Å². The zero-order chi connectivity index (χ0) is 17.6. The van der Waals surface area contributed by atoms with Gasteiger partial charge in [0.25, 0.3) is 0 Å². The Morgan fingerprint density at radius 1 is 1.16 bits per heavy atom. The van der Waals surface area contributed by atoms with Crippen molar-refractivity contribution in [3.05, 3.63) is 36.3 Å². The van der Waals surface area contributed by atoms with E-state index in [2.05, 4.69) is 15.6 Å². The number of esters is 1. The fraction of sp³-hybridized carbons (Fsp3) is 0.421. The van der Waals surface area contributed by atoms with Crippen LogP contribution in [0.3, 0.4) is 0 Å². The van der Waals surface area contributed by atoms with Crippen LogP contribution in [0, 0.1) is 0 Å². The number of pyridine rings is 1. The van der Waals surface area contributed by atoms with Crippen LogP contribution in [0.25, 0.3) is 21.9 Å². The maximum absolute atomic E-state index is 11.6. The zero-order valence-electron chi connectivity index (χ0n) is 14.7. The minimum absolute atomic E-state index is 0.162. The van der Waals surface area contributed by atoms with Gasteiger partial charge >= 0.3 is 5.97 Å². The van der Waals surface area contributed by atoms with Gasteiger partial charge in [0.15, 0.2) is 0 Å². The van der Waals surface area contributed by atoms with Gasteiger partial charge in [0.1, 0.15) is 17.9 Å². The summed E-state index contributed by atoms with van der Waals surface area (Å²) in [5, 5.41) is 1.06. The van der Waals surface area contributed by atoms with Gasteiger partial charge in [-0.25, -0.2) is 4.98 Å². The van der Waals surface area contributed by atoms with Gasteiger partial charge in [-0.3, -0.25) is 9.78 Å². The quantitative estimate of drug-likeness (QED) is 0.587. The summed E-state index contributed by atoms with van der Waals surface area (Å²) >= 11 is 0. The van der Waals surface area contributed by atoms with Crippen LogP contribution in [0.15, 0.2) is 30.5 Å². The van der Waals surface area contributed by atoms with E-state index in [1.165, 1.54) is 0 Å². The number of rotatable bonds is 8. The molecule has 0 saturated heterocycles. The van der Waals surface area contributed by atoms with Gasteiger partial charge in [-0.15, -0.1) is 0 Å². The van der Waals surface area contributed by atoms with Crippen LogP contribution in [0.4, 0.5) is 0 Å². The largest absolute Gasteiger partial charge is 0.466 e. The highest BCUT2D eigenvalue weighted by Gasteiger charge is 2.14. The molecule has 0 spiro atoms. The molecule has 0 aliphatic heterocycles. The van der Waals surface area contributed by atoms with Crippen molar-refractivity contribution in [3.8, 4) is 0 Å². The lowest BCUT2D eigenvalue weighted by Crippen LogP contribution is -2.09. The van der Waals surface area contributed by atoms with Crippen LogP contribution in [0.1, 0.15) is 32.5 Å². The summed E-state index contributed by atoms with van der Waals surface area (Å²) in [5.41, 5.74) is 2.83. The predicted octanol–water partition coefficient (Wildman–Crippen LogP) is 3.46. The number of aryl methyl sites for hydroxylation is 1. The molecule has 2 aromatic heterocycles. The van der Waals surface area contributed by atoms with E-state index >= 15 is 0 Å². The maximum atomic E-state index is 11.6. The van der Waals surface area contributed by atoms with Crippen LogP contribution < -0.4 is 0 Å². The van der Waals surface area contributed by atoms with E-state index in [-0.39, 0.29) is 5.97 Å². The summed E-state index contributed by atoms with van der Waals surface area (Å²) in [6, 6.07) is 8.02. The lowest BCUT2D eigenvalue weighted by molar-refractivity contribution is -0.143. The molecular formula is C19H23N3O3. The van der Waals surface area contributed by atoms with E-state index in [1.54, 1.807) is 6.20 Å². The second-order valence-corrected chi connectivity index (χ2v) is 5.73. The molecule has 2 heterocycles. The molecule has 3 aromatic rings. The van der Waals surface area contributed by atoms with Crippen molar-refractivity contribution < 1.29 is 14.3 Å². The monoisotopic (exact) mass is 341 g/mol. The van der Waals surface area contributed by atoms with Crippen LogP contribution >= 0.6 is 0 Å². The molecule has 0 aliphatic carbocycles. The third-order valence-corrected chi connectivity index (χ3v) is 4.06. The Bertz CT molecular complexity index is 873. The Hall–Kier alpha value is -2.47.